The fraction of sp³-hybridized carbons (Fsp3) is 0.571. The maximum atomic E-state index is 12.0. The second-order valence-electron chi connectivity index (χ2n) is 4.84. The van der Waals surface area contributed by atoms with Gasteiger partial charge in [0.15, 0.2) is 5.69 Å². The summed E-state index contributed by atoms with van der Waals surface area (Å²) in [6.45, 7) is 4.96. The molecule has 2 rings (SSSR count). The van der Waals surface area contributed by atoms with Gasteiger partial charge in [0.25, 0.3) is 0 Å². The van der Waals surface area contributed by atoms with Gasteiger partial charge < -0.3 is 4.74 Å². The van der Waals surface area contributed by atoms with Crippen molar-refractivity contribution in [2.24, 2.45) is 7.05 Å². The predicted octanol–water partition coefficient (Wildman–Crippen LogP) is 2.05. The lowest BCUT2D eigenvalue weighted by Crippen LogP contribution is -2.08. The van der Waals surface area contributed by atoms with E-state index in [4.69, 9.17) is 4.74 Å². The number of esters is 1. The fourth-order valence-electron chi connectivity index (χ4n) is 2.15. The van der Waals surface area contributed by atoms with Crippen LogP contribution in [0.2, 0.25) is 0 Å². The number of ether oxygens (including phenoxy) is 1. The van der Waals surface area contributed by atoms with Crippen molar-refractivity contribution in [1.82, 2.24) is 24.8 Å². The van der Waals surface area contributed by atoms with E-state index >= 15 is 0 Å². The van der Waals surface area contributed by atoms with E-state index in [0.717, 1.165) is 31.4 Å². The summed E-state index contributed by atoms with van der Waals surface area (Å²) in [6, 6.07) is 0. The average molecular weight is 291 g/mol. The van der Waals surface area contributed by atoms with Gasteiger partial charge in [-0.2, -0.15) is 5.10 Å². The number of nitrogens with zero attached hydrogens (tertiary/aromatic N) is 5. The maximum Gasteiger partial charge on any atom is 0.361 e. The van der Waals surface area contributed by atoms with Crippen molar-refractivity contribution in [3.05, 3.63) is 18.1 Å². The minimum absolute atomic E-state index is 0.251. The zero-order valence-corrected chi connectivity index (χ0v) is 12.7. The van der Waals surface area contributed by atoms with Crippen molar-refractivity contribution < 1.29 is 9.53 Å². The minimum Gasteiger partial charge on any atom is -0.461 e. The first-order chi connectivity index (χ1) is 10.2. The minimum atomic E-state index is -0.446. The van der Waals surface area contributed by atoms with Gasteiger partial charge >= 0.3 is 5.97 Å². The molecule has 0 saturated heterocycles. The van der Waals surface area contributed by atoms with Crippen LogP contribution in [-0.4, -0.2) is 37.4 Å². The monoisotopic (exact) mass is 291 g/mol. The molecule has 2 aromatic rings. The van der Waals surface area contributed by atoms with E-state index in [-0.39, 0.29) is 5.69 Å². The Morgan fingerprint density at radius 1 is 1.33 bits per heavy atom. The summed E-state index contributed by atoms with van der Waals surface area (Å²) >= 11 is 0. The highest BCUT2D eigenvalue weighted by Gasteiger charge is 2.23. The summed E-state index contributed by atoms with van der Waals surface area (Å²) in [4.78, 5) is 12.0. The molecule has 0 unspecified atom stereocenters. The van der Waals surface area contributed by atoms with E-state index in [9.17, 15) is 4.79 Å². The topological polar surface area (TPSA) is 74.8 Å². The van der Waals surface area contributed by atoms with Gasteiger partial charge in [-0.1, -0.05) is 25.0 Å². The average Bonchev–Trinajstić information content (AvgIpc) is 3.05. The summed E-state index contributed by atoms with van der Waals surface area (Å²) in [5.74, 6) is -0.446. The highest BCUT2D eigenvalue weighted by molar-refractivity contribution is 5.93. The second-order valence-corrected chi connectivity index (χ2v) is 4.84. The van der Waals surface area contributed by atoms with Crippen molar-refractivity contribution >= 4 is 5.97 Å². The molecular formula is C14H21N5O2. The Bertz CT molecular complexity index is 602. The number of unbranched alkanes of at least 4 members (excludes halogenated alkanes) is 2. The first-order valence-electron chi connectivity index (χ1n) is 7.27. The molecule has 7 heteroatoms. The van der Waals surface area contributed by atoms with Crippen molar-refractivity contribution in [2.75, 3.05) is 6.61 Å². The van der Waals surface area contributed by atoms with Crippen LogP contribution >= 0.6 is 0 Å². The molecule has 7 nitrogen and oxygen atoms in total. The van der Waals surface area contributed by atoms with Gasteiger partial charge in [-0.25, -0.2) is 9.48 Å². The van der Waals surface area contributed by atoms with Crippen LogP contribution in [0.25, 0.3) is 11.3 Å². The van der Waals surface area contributed by atoms with Gasteiger partial charge in [-0.15, -0.1) is 5.10 Å². The van der Waals surface area contributed by atoms with Gasteiger partial charge in [0, 0.05) is 25.4 Å². The van der Waals surface area contributed by atoms with Crippen molar-refractivity contribution in [2.45, 2.75) is 39.7 Å². The third-order valence-electron chi connectivity index (χ3n) is 3.16. The van der Waals surface area contributed by atoms with E-state index in [0.29, 0.717) is 12.3 Å². The van der Waals surface area contributed by atoms with Crippen molar-refractivity contribution in [3.8, 4) is 11.3 Å². The number of aryl methyl sites for hydroxylation is 2. The lowest BCUT2D eigenvalue weighted by Gasteiger charge is -2.06. The molecule has 0 N–H and O–H groups in total. The number of carbonyl (C=O) groups is 1. The molecule has 0 atom stereocenters. The third-order valence-corrected chi connectivity index (χ3v) is 3.16. The molecule has 0 radical (unpaired) electrons. The number of hydrogen-bond acceptors (Lipinski definition) is 5. The van der Waals surface area contributed by atoms with Gasteiger partial charge in [-0.05, 0) is 13.3 Å². The molecule has 0 spiro atoms. The molecule has 0 bridgehead atoms. The van der Waals surface area contributed by atoms with Gasteiger partial charge in [0.1, 0.15) is 5.69 Å². The molecule has 0 aliphatic carbocycles. The fourth-order valence-corrected chi connectivity index (χ4v) is 2.15. The van der Waals surface area contributed by atoms with E-state index in [1.807, 2.05) is 13.2 Å². The number of aromatic nitrogens is 5. The Kier molecular flexibility index (Phi) is 5.08. The molecule has 0 saturated carbocycles. The maximum absolute atomic E-state index is 12.0. The van der Waals surface area contributed by atoms with E-state index in [2.05, 4.69) is 22.3 Å². The van der Waals surface area contributed by atoms with E-state index in [1.54, 1.807) is 22.5 Å². The molecule has 21 heavy (non-hydrogen) atoms. The van der Waals surface area contributed by atoms with Crippen LogP contribution in [-0.2, 0) is 18.3 Å². The normalized spacial score (nSPS) is 10.8. The van der Waals surface area contributed by atoms with E-state index in [1.165, 1.54) is 0 Å². The van der Waals surface area contributed by atoms with Crippen LogP contribution in [0.1, 0.15) is 43.6 Å². The first kappa shape index (κ1) is 15.2. The molecule has 0 aromatic carbocycles. The molecule has 0 aliphatic heterocycles. The third kappa shape index (κ3) is 3.48. The van der Waals surface area contributed by atoms with Gasteiger partial charge in [-0.3, -0.25) is 4.68 Å². The van der Waals surface area contributed by atoms with Crippen LogP contribution in [0.4, 0.5) is 0 Å². The van der Waals surface area contributed by atoms with Crippen LogP contribution in [0.15, 0.2) is 12.4 Å². The molecule has 0 fully saturated rings. The zero-order valence-electron chi connectivity index (χ0n) is 12.7. The highest BCUT2D eigenvalue weighted by atomic mass is 16.5. The van der Waals surface area contributed by atoms with Crippen molar-refractivity contribution in [3.63, 3.8) is 0 Å². The van der Waals surface area contributed by atoms with Crippen LogP contribution in [0.3, 0.4) is 0 Å². The summed E-state index contributed by atoms with van der Waals surface area (Å²) in [5, 5.41) is 12.3. The largest absolute Gasteiger partial charge is 0.461 e. The Hall–Kier alpha value is -2.18. The smallest absolute Gasteiger partial charge is 0.361 e. The SMILES string of the molecule is CCCCCn1nnc(C(=O)OCC)c1-c1cnn(C)c1. The predicted molar refractivity (Wildman–Crippen MR) is 77.7 cm³/mol. The summed E-state index contributed by atoms with van der Waals surface area (Å²) in [5.41, 5.74) is 1.75. The van der Waals surface area contributed by atoms with Crippen LogP contribution in [0.5, 0.6) is 0 Å². The van der Waals surface area contributed by atoms with Crippen molar-refractivity contribution in [1.29, 1.82) is 0 Å². The Morgan fingerprint density at radius 2 is 2.14 bits per heavy atom. The molecule has 0 amide bonds. The molecular weight excluding hydrogens is 270 g/mol. The van der Waals surface area contributed by atoms with Gasteiger partial charge in [0.05, 0.1) is 12.8 Å². The standard InChI is InChI=1S/C14H21N5O2/c1-4-6-7-8-19-13(11-9-15-18(3)10-11)12(16-17-19)14(20)21-5-2/h9-10H,4-8H2,1-3H3. The number of hydrogen-bond donors (Lipinski definition) is 0. The Balaban J connectivity index is 2.35. The van der Waals surface area contributed by atoms with Gasteiger partial charge in [0.2, 0.25) is 0 Å². The number of rotatable bonds is 7. The zero-order chi connectivity index (χ0) is 15.2. The second kappa shape index (κ2) is 7.01. The summed E-state index contributed by atoms with van der Waals surface area (Å²) in [6.07, 6.45) is 6.79. The quantitative estimate of drug-likeness (QED) is 0.576. The Morgan fingerprint density at radius 3 is 2.76 bits per heavy atom. The Labute approximate surface area is 123 Å². The molecule has 2 aromatic heterocycles. The lowest BCUT2D eigenvalue weighted by molar-refractivity contribution is 0.0520. The molecule has 2 heterocycles. The first-order valence-corrected chi connectivity index (χ1v) is 7.27. The van der Waals surface area contributed by atoms with Crippen LogP contribution < -0.4 is 0 Å². The summed E-state index contributed by atoms with van der Waals surface area (Å²) in [7, 11) is 1.83. The highest BCUT2D eigenvalue weighted by Crippen LogP contribution is 2.23. The lowest BCUT2D eigenvalue weighted by atomic mass is 10.2. The number of carbonyl (C=O) groups excluding carboxylic acids is 1. The molecule has 0 aliphatic rings. The van der Waals surface area contributed by atoms with E-state index < -0.39 is 5.97 Å². The summed E-state index contributed by atoms with van der Waals surface area (Å²) < 4.78 is 8.50. The molecule has 114 valence electrons. The van der Waals surface area contributed by atoms with Crippen LogP contribution in [0, 0.1) is 0 Å².